The highest BCUT2D eigenvalue weighted by molar-refractivity contribution is 7.99. The maximum atomic E-state index is 11.8. The Bertz CT molecular complexity index is 835. The largest absolute Gasteiger partial charge is 0.381 e. The molecule has 0 radical (unpaired) electrons. The number of hydrogen-bond acceptors (Lipinski definition) is 4. The normalized spacial score (nSPS) is 14.0. The van der Waals surface area contributed by atoms with Crippen molar-refractivity contribution in [3.63, 3.8) is 0 Å². The van der Waals surface area contributed by atoms with E-state index in [2.05, 4.69) is 47.7 Å². The van der Waals surface area contributed by atoms with Crippen molar-refractivity contribution in [2.75, 3.05) is 5.75 Å². The first-order valence-corrected chi connectivity index (χ1v) is 9.56. The van der Waals surface area contributed by atoms with Crippen LogP contribution in [-0.2, 0) is 10.4 Å². The Morgan fingerprint density at radius 2 is 2.00 bits per heavy atom. The van der Waals surface area contributed by atoms with Gasteiger partial charge in [-0.05, 0) is 59.4 Å². The van der Waals surface area contributed by atoms with E-state index in [4.69, 9.17) is 0 Å². The minimum Gasteiger partial charge on any atom is -0.249 e. The summed E-state index contributed by atoms with van der Waals surface area (Å²) >= 11 is 1.89. The van der Waals surface area contributed by atoms with Crippen LogP contribution in [-0.4, -0.2) is 16.7 Å². The number of thioether (sulfide) groups is 1. The molecule has 2 heterocycles. The fourth-order valence-electron chi connectivity index (χ4n) is 2.58. The molecule has 0 bridgehead atoms. The lowest BCUT2D eigenvalue weighted by molar-refractivity contribution is -0.0788. The lowest BCUT2D eigenvalue weighted by atomic mass is 9.81. The minimum atomic E-state index is -1.06. The van der Waals surface area contributed by atoms with Crippen molar-refractivity contribution in [1.82, 2.24) is 4.98 Å². The molecule has 1 aromatic carbocycles. The highest BCUT2D eigenvalue weighted by atomic mass is 32.2. The summed E-state index contributed by atoms with van der Waals surface area (Å²) in [6.45, 7) is 8.51. The topological polar surface area (TPSA) is 39.2 Å². The lowest BCUT2D eigenvalue weighted by Gasteiger charge is -2.32. The van der Waals surface area contributed by atoms with Gasteiger partial charge in [0.15, 0.2) is 0 Å². The number of halogens is 1. The molecule has 3 nitrogen and oxygen atoms in total. The molecule has 1 aromatic heterocycles. The Morgan fingerprint density at radius 3 is 2.65 bits per heavy atom. The van der Waals surface area contributed by atoms with Gasteiger partial charge in [-0.2, -0.15) is 0 Å². The van der Waals surface area contributed by atoms with Gasteiger partial charge in [0.25, 0.3) is 0 Å². The average Bonchev–Trinajstić information content (AvgIpc) is 2.68. The van der Waals surface area contributed by atoms with E-state index < -0.39 is 5.97 Å². The molecule has 0 atom stereocenters. The Labute approximate surface area is 158 Å². The number of carbonyl (C=O) groups excluding carboxylic acids is 1. The third-order valence-electron chi connectivity index (χ3n) is 4.10. The highest BCUT2D eigenvalue weighted by Crippen LogP contribution is 2.41. The third-order valence-corrected chi connectivity index (χ3v) is 5.17. The lowest BCUT2D eigenvalue weighted by Crippen LogP contribution is -2.22. The van der Waals surface area contributed by atoms with E-state index in [0.717, 1.165) is 17.7 Å². The predicted molar refractivity (Wildman–Crippen MR) is 103 cm³/mol. The van der Waals surface area contributed by atoms with Crippen molar-refractivity contribution in [1.29, 1.82) is 0 Å². The van der Waals surface area contributed by atoms with Gasteiger partial charge in [-0.1, -0.05) is 33.6 Å². The fraction of sp³-hybridized carbons (Fsp3) is 0.333. The summed E-state index contributed by atoms with van der Waals surface area (Å²) in [6.07, 6.45) is 2.40. The van der Waals surface area contributed by atoms with E-state index in [9.17, 15) is 9.32 Å². The van der Waals surface area contributed by atoms with E-state index in [1.165, 1.54) is 22.7 Å². The molecule has 26 heavy (non-hydrogen) atoms. The number of fused-ring (bicyclic) bond motifs is 1. The summed E-state index contributed by atoms with van der Waals surface area (Å²) in [6, 6.07) is 9.28. The summed E-state index contributed by atoms with van der Waals surface area (Å²) in [5, 5.41) is 0. The molecule has 3 rings (SSSR count). The van der Waals surface area contributed by atoms with E-state index in [-0.39, 0.29) is 11.0 Å². The SMILES string of the molecule is CC.CC1(C)CCSc2ccc(C#Cc3ccc(C(=O)OF)cn3)cc21. The summed E-state index contributed by atoms with van der Waals surface area (Å²) < 4.78 is 11.8. The number of carbonyl (C=O) groups is 1. The smallest absolute Gasteiger partial charge is 0.249 e. The summed E-state index contributed by atoms with van der Waals surface area (Å²) in [5.74, 6) is 6.15. The predicted octanol–water partition coefficient (Wildman–Crippen LogP) is 5.32. The minimum absolute atomic E-state index is 0.0515. The highest BCUT2D eigenvalue weighted by Gasteiger charge is 2.27. The molecule has 0 N–H and O–H groups in total. The number of benzene rings is 1. The molecule has 0 amide bonds. The van der Waals surface area contributed by atoms with Crippen LogP contribution in [0.3, 0.4) is 0 Å². The van der Waals surface area contributed by atoms with Crippen LogP contribution in [0.5, 0.6) is 0 Å². The van der Waals surface area contributed by atoms with Crippen LogP contribution < -0.4 is 0 Å². The molecule has 5 heteroatoms. The number of rotatable bonds is 1. The molecular formula is C21H22FNO2S. The van der Waals surface area contributed by atoms with Gasteiger partial charge in [-0.25, -0.2) is 14.7 Å². The maximum absolute atomic E-state index is 11.8. The van der Waals surface area contributed by atoms with Gasteiger partial charge in [0.2, 0.25) is 0 Å². The Balaban J connectivity index is 0.00000117. The van der Waals surface area contributed by atoms with E-state index >= 15 is 0 Å². The molecule has 1 aliphatic heterocycles. The van der Waals surface area contributed by atoms with Crippen LogP contribution in [0.15, 0.2) is 41.4 Å². The van der Waals surface area contributed by atoms with Gasteiger partial charge in [0.05, 0.1) is 5.56 Å². The van der Waals surface area contributed by atoms with Crippen molar-refractivity contribution in [3.8, 4) is 11.8 Å². The molecule has 0 aliphatic carbocycles. The Morgan fingerprint density at radius 1 is 1.23 bits per heavy atom. The summed E-state index contributed by atoms with van der Waals surface area (Å²) in [7, 11) is 0. The molecule has 136 valence electrons. The third kappa shape index (κ3) is 4.64. The Hall–Kier alpha value is -2.32. The summed E-state index contributed by atoms with van der Waals surface area (Å²) in [5.41, 5.74) is 2.98. The summed E-state index contributed by atoms with van der Waals surface area (Å²) in [4.78, 5) is 19.5. The van der Waals surface area contributed by atoms with Crippen LogP contribution in [0.25, 0.3) is 0 Å². The Kier molecular flexibility index (Phi) is 6.82. The molecule has 0 unspecified atom stereocenters. The van der Waals surface area contributed by atoms with Gasteiger partial charge in [0, 0.05) is 21.2 Å². The first kappa shape index (κ1) is 20.0. The number of aromatic nitrogens is 1. The second kappa shape index (κ2) is 8.86. The van der Waals surface area contributed by atoms with Crippen molar-refractivity contribution in [2.24, 2.45) is 0 Å². The molecule has 2 aromatic rings. The van der Waals surface area contributed by atoms with Gasteiger partial charge in [0.1, 0.15) is 5.69 Å². The van der Waals surface area contributed by atoms with E-state index in [1.54, 1.807) is 6.07 Å². The fourth-order valence-corrected chi connectivity index (χ4v) is 4.07. The number of pyridine rings is 1. The van der Waals surface area contributed by atoms with Crippen LogP contribution in [0, 0.1) is 11.8 Å². The molecule has 0 saturated heterocycles. The number of hydrogen-bond donors (Lipinski definition) is 0. The van der Waals surface area contributed by atoms with Gasteiger partial charge in [-0.3, -0.25) is 0 Å². The van der Waals surface area contributed by atoms with E-state index in [0.29, 0.717) is 5.69 Å². The van der Waals surface area contributed by atoms with Crippen molar-refractivity contribution >= 4 is 17.7 Å². The van der Waals surface area contributed by atoms with Gasteiger partial charge < -0.3 is 0 Å². The van der Waals surface area contributed by atoms with Crippen LogP contribution in [0.4, 0.5) is 4.53 Å². The second-order valence-corrected chi connectivity index (χ2v) is 7.38. The van der Waals surface area contributed by atoms with Crippen LogP contribution in [0.2, 0.25) is 0 Å². The zero-order valence-electron chi connectivity index (χ0n) is 15.4. The number of nitrogens with zero attached hydrogens (tertiary/aromatic N) is 1. The second-order valence-electron chi connectivity index (χ2n) is 6.24. The zero-order valence-corrected chi connectivity index (χ0v) is 16.2. The maximum Gasteiger partial charge on any atom is 0.381 e. The first-order chi connectivity index (χ1) is 12.5. The zero-order chi connectivity index (χ0) is 19.2. The standard InChI is InChI=1S/C19H16FNO2S.C2H6/c1-19(2)9-10-24-17-8-4-13(11-16(17)19)3-6-15-7-5-14(12-21-15)18(22)23-20;1-2/h4-5,7-8,11-12H,9-10H2,1-2H3;1-2H3. The van der Waals surface area contributed by atoms with Crippen molar-refractivity contribution < 1.29 is 14.3 Å². The monoisotopic (exact) mass is 371 g/mol. The molecule has 1 aliphatic rings. The average molecular weight is 371 g/mol. The van der Waals surface area contributed by atoms with Crippen LogP contribution >= 0.6 is 11.8 Å². The van der Waals surface area contributed by atoms with Crippen molar-refractivity contribution in [3.05, 3.63) is 58.9 Å². The van der Waals surface area contributed by atoms with Crippen LogP contribution in [0.1, 0.15) is 61.3 Å². The van der Waals surface area contributed by atoms with Crippen molar-refractivity contribution in [2.45, 2.75) is 44.4 Å². The molecular weight excluding hydrogens is 349 g/mol. The van der Waals surface area contributed by atoms with E-state index in [1.807, 2.05) is 31.7 Å². The quantitative estimate of drug-likeness (QED) is 0.636. The molecule has 0 fully saturated rings. The first-order valence-electron chi connectivity index (χ1n) is 8.58. The van der Waals surface area contributed by atoms with Gasteiger partial charge in [-0.15, -0.1) is 11.8 Å². The molecule has 0 saturated carbocycles. The van der Waals surface area contributed by atoms with Gasteiger partial charge >= 0.3 is 5.97 Å². The molecule has 0 spiro atoms.